The fourth-order valence-electron chi connectivity index (χ4n) is 2.65. The van der Waals surface area contributed by atoms with Crippen LogP contribution in [0.15, 0.2) is 80.8 Å². The summed E-state index contributed by atoms with van der Waals surface area (Å²) in [4.78, 5) is 13.3. The van der Waals surface area contributed by atoms with Crippen molar-refractivity contribution >= 4 is 34.4 Å². The van der Waals surface area contributed by atoms with Crippen molar-refractivity contribution < 1.29 is 4.42 Å². The van der Waals surface area contributed by atoms with Crippen molar-refractivity contribution in [2.45, 2.75) is 4.90 Å². The van der Waals surface area contributed by atoms with Gasteiger partial charge < -0.3 is 4.42 Å². The van der Waals surface area contributed by atoms with Crippen LogP contribution >= 0.6 is 12.6 Å². The minimum atomic E-state index is -0.0306. The molecule has 106 valence electrons. The van der Waals surface area contributed by atoms with Crippen molar-refractivity contribution in [3.63, 3.8) is 0 Å². The zero-order chi connectivity index (χ0) is 15.1. The molecule has 3 heteroatoms. The molecule has 0 atom stereocenters. The Labute approximate surface area is 132 Å². The highest BCUT2D eigenvalue weighted by Crippen LogP contribution is 2.28. The predicted molar refractivity (Wildman–Crippen MR) is 92.7 cm³/mol. The maximum atomic E-state index is 12.4. The van der Waals surface area contributed by atoms with Gasteiger partial charge in [-0.05, 0) is 23.6 Å². The first-order valence-electron chi connectivity index (χ1n) is 6.97. The van der Waals surface area contributed by atoms with E-state index in [1.807, 2.05) is 60.7 Å². The average Bonchev–Trinajstić information content (AvgIpc) is 2.55. The molecule has 0 radical (unpaired) electrons. The van der Waals surface area contributed by atoms with Crippen LogP contribution in [0, 0.1) is 0 Å². The third kappa shape index (κ3) is 2.11. The van der Waals surface area contributed by atoms with E-state index >= 15 is 0 Å². The zero-order valence-corrected chi connectivity index (χ0v) is 12.5. The molecule has 0 saturated heterocycles. The van der Waals surface area contributed by atoms with Crippen LogP contribution in [0.5, 0.6) is 0 Å². The van der Waals surface area contributed by atoms with Gasteiger partial charge in [0.2, 0.25) is 0 Å². The molecule has 1 aromatic heterocycles. The van der Waals surface area contributed by atoms with Crippen molar-refractivity contribution in [1.82, 2.24) is 0 Å². The maximum Gasteiger partial charge on any atom is 0.193 e. The Kier molecular flexibility index (Phi) is 3.01. The number of hydrogen-bond acceptors (Lipinski definition) is 3. The van der Waals surface area contributed by atoms with Gasteiger partial charge in [0.25, 0.3) is 0 Å². The standard InChI is InChI=1S/C19H12O2S/c20-17-11-18(13-5-8-14(22)9-6-13)21-19-15-4-2-1-3-12(15)7-10-16(17)19/h1-11,22H. The molecular weight excluding hydrogens is 292 g/mol. The lowest BCUT2D eigenvalue weighted by molar-refractivity contribution is 0.622. The summed E-state index contributed by atoms with van der Waals surface area (Å²) < 4.78 is 6.06. The third-order valence-corrected chi connectivity index (χ3v) is 4.07. The SMILES string of the molecule is O=c1cc(-c2ccc(S)cc2)oc2c1ccc1ccccc12. The van der Waals surface area contributed by atoms with Gasteiger partial charge in [0.05, 0.1) is 5.39 Å². The minimum Gasteiger partial charge on any atom is -0.455 e. The summed E-state index contributed by atoms with van der Waals surface area (Å²) in [7, 11) is 0. The Balaban J connectivity index is 2.08. The van der Waals surface area contributed by atoms with E-state index in [4.69, 9.17) is 4.42 Å². The first-order valence-corrected chi connectivity index (χ1v) is 7.42. The Bertz CT molecular complexity index is 1050. The van der Waals surface area contributed by atoms with E-state index in [9.17, 15) is 4.79 Å². The second-order valence-electron chi connectivity index (χ2n) is 5.19. The Morgan fingerprint density at radius 3 is 2.41 bits per heavy atom. The Morgan fingerprint density at radius 2 is 1.59 bits per heavy atom. The molecule has 0 bridgehead atoms. The van der Waals surface area contributed by atoms with E-state index in [1.165, 1.54) is 0 Å². The largest absolute Gasteiger partial charge is 0.455 e. The number of fused-ring (bicyclic) bond motifs is 3. The van der Waals surface area contributed by atoms with Crippen LogP contribution in [0.2, 0.25) is 0 Å². The second kappa shape index (κ2) is 5.04. The number of rotatable bonds is 1. The topological polar surface area (TPSA) is 30.2 Å². The quantitative estimate of drug-likeness (QED) is 0.400. The minimum absolute atomic E-state index is 0.0306. The zero-order valence-electron chi connectivity index (χ0n) is 11.6. The van der Waals surface area contributed by atoms with Crippen molar-refractivity contribution in [2.75, 3.05) is 0 Å². The molecule has 1 heterocycles. The maximum absolute atomic E-state index is 12.4. The highest BCUT2D eigenvalue weighted by molar-refractivity contribution is 7.80. The van der Waals surface area contributed by atoms with Gasteiger partial charge in [-0.25, -0.2) is 0 Å². The fourth-order valence-corrected chi connectivity index (χ4v) is 2.80. The fraction of sp³-hybridized carbons (Fsp3) is 0. The number of thiol groups is 1. The van der Waals surface area contributed by atoms with Crippen molar-refractivity contribution in [3.05, 3.63) is 77.0 Å². The van der Waals surface area contributed by atoms with E-state index < -0.39 is 0 Å². The van der Waals surface area contributed by atoms with Crippen LogP contribution in [-0.4, -0.2) is 0 Å². The second-order valence-corrected chi connectivity index (χ2v) is 5.70. The first-order chi connectivity index (χ1) is 10.7. The van der Waals surface area contributed by atoms with Crippen molar-refractivity contribution in [2.24, 2.45) is 0 Å². The van der Waals surface area contributed by atoms with Gasteiger partial charge in [-0.3, -0.25) is 4.79 Å². The van der Waals surface area contributed by atoms with Gasteiger partial charge in [-0.1, -0.05) is 42.5 Å². The molecule has 4 rings (SSSR count). The van der Waals surface area contributed by atoms with Gasteiger partial charge in [-0.2, -0.15) is 0 Å². The van der Waals surface area contributed by atoms with Gasteiger partial charge >= 0.3 is 0 Å². The highest BCUT2D eigenvalue weighted by Gasteiger charge is 2.09. The van der Waals surface area contributed by atoms with E-state index in [1.54, 1.807) is 6.07 Å². The van der Waals surface area contributed by atoms with E-state index in [0.29, 0.717) is 16.7 Å². The van der Waals surface area contributed by atoms with Crippen LogP contribution < -0.4 is 5.43 Å². The summed E-state index contributed by atoms with van der Waals surface area (Å²) in [6.07, 6.45) is 0. The summed E-state index contributed by atoms with van der Waals surface area (Å²) in [6.45, 7) is 0. The molecular formula is C19H12O2S. The van der Waals surface area contributed by atoms with Crippen LogP contribution in [-0.2, 0) is 0 Å². The Morgan fingerprint density at radius 1 is 0.818 bits per heavy atom. The lowest BCUT2D eigenvalue weighted by Gasteiger charge is -2.06. The number of hydrogen-bond donors (Lipinski definition) is 1. The molecule has 22 heavy (non-hydrogen) atoms. The van der Waals surface area contributed by atoms with Crippen LogP contribution in [0.4, 0.5) is 0 Å². The van der Waals surface area contributed by atoms with Gasteiger partial charge in [0.15, 0.2) is 5.43 Å². The molecule has 0 fully saturated rings. The average molecular weight is 304 g/mol. The van der Waals surface area contributed by atoms with Gasteiger partial charge in [0.1, 0.15) is 11.3 Å². The molecule has 2 nitrogen and oxygen atoms in total. The van der Waals surface area contributed by atoms with Gasteiger partial charge in [-0.15, -0.1) is 12.6 Å². The monoisotopic (exact) mass is 304 g/mol. The molecule has 3 aromatic carbocycles. The summed E-state index contributed by atoms with van der Waals surface area (Å²) in [5.41, 5.74) is 1.47. The lowest BCUT2D eigenvalue weighted by atomic mass is 10.1. The lowest BCUT2D eigenvalue weighted by Crippen LogP contribution is -2.00. The highest BCUT2D eigenvalue weighted by atomic mass is 32.1. The van der Waals surface area contributed by atoms with E-state index in [0.717, 1.165) is 21.2 Å². The smallest absolute Gasteiger partial charge is 0.193 e. The summed E-state index contributed by atoms with van der Waals surface area (Å²) in [5.74, 6) is 0.571. The van der Waals surface area contributed by atoms with E-state index in [2.05, 4.69) is 12.6 Å². The molecule has 0 amide bonds. The third-order valence-electron chi connectivity index (χ3n) is 3.77. The molecule has 0 aliphatic rings. The molecule has 0 aliphatic carbocycles. The molecule has 0 saturated carbocycles. The Hall–Kier alpha value is -2.52. The summed E-state index contributed by atoms with van der Waals surface area (Å²) in [5, 5.41) is 2.61. The molecule has 0 aliphatic heterocycles. The molecule has 0 spiro atoms. The summed E-state index contributed by atoms with van der Waals surface area (Å²) in [6, 6.07) is 20.8. The van der Waals surface area contributed by atoms with Crippen LogP contribution in [0.1, 0.15) is 0 Å². The van der Waals surface area contributed by atoms with Gasteiger partial charge in [0, 0.05) is 21.9 Å². The van der Waals surface area contributed by atoms with Crippen LogP contribution in [0.3, 0.4) is 0 Å². The first kappa shape index (κ1) is 13.2. The predicted octanol–water partition coefficient (Wildman–Crippen LogP) is 4.90. The van der Waals surface area contributed by atoms with Crippen molar-refractivity contribution in [1.29, 1.82) is 0 Å². The summed E-state index contributed by atoms with van der Waals surface area (Å²) >= 11 is 4.28. The number of benzene rings is 3. The molecule has 4 aromatic rings. The normalized spacial score (nSPS) is 11.1. The molecule has 0 N–H and O–H groups in total. The molecule has 0 unspecified atom stereocenters. The van der Waals surface area contributed by atoms with E-state index in [-0.39, 0.29) is 5.43 Å². The van der Waals surface area contributed by atoms with Crippen LogP contribution in [0.25, 0.3) is 33.1 Å². The van der Waals surface area contributed by atoms with Crippen molar-refractivity contribution in [3.8, 4) is 11.3 Å².